The van der Waals surface area contributed by atoms with Crippen molar-refractivity contribution < 1.29 is 18.7 Å². The topological polar surface area (TPSA) is 49.3 Å². The van der Waals surface area contributed by atoms with Crippen LogP contribution in [0.5, 0.6) is 0 Å². The number of carbonyl (C=O) groups is 1. The van der Waals surface area contributed by atoms with E-state index in [9.17, 15) is 18.7 Å². The molecule has 0 heterocycles. The zero-order valence-corrected chi connectivity index (χ0v) is 13.3. The van der Waals surface area contributed by atoms with Crippen LogP contribution in [-0.2, 0) is 4.79 Å². The average Bonchev–Trinajstić information content (AvgIpc) is 2.37. The molecule has 1 aromatic carbocycles. The Morgan fingerprint density at radius 3 is 2.67 bits per heavy atom. The van der Waals surface area contributed by atoms with E-state index in [2.05, 4.69) is 5.32 Å². The highest BCUT2D eigenvalue weighted by molar-refractivity contribution is 7.99. The number of carboxylic acid groups (broad SMARTS) is 1. The summed E-state index contributed by atoms with van der Waals surface area (Å²) in [6, 6.07) is 3.38. The van der Waals surface area contributed by atoms with Crippen LogP contribution in [0.3, 0.4) is 0 Å². The molecule has 1 atom stereocenters. The number of benzene rings is 1. The van der Waals surface area contributed by atoms with Gasteiger partial charge in [-0.25, -0.2) is 8.78 Å². The Labute approximate surface area is 128 Å². The van der Waals surface area contributed by atoms with Gasteiger partial charge in [-0.05, 0) is 57.6 Å². The van der Waals surface area contributed by atoms with E-state index in [-0.39, 0.29) is 10.9 Å². The molecule has 0 spiro atoms. The fraction of sp³-hybridized carbons (Fsp3) is 0.533. The van der Waals surface area contributed by atoms with Gasteiger partial charge in [0, 0.05) is 10.9 Å². The van der Waals surface area contributed by atoms with Crippen molar-refractivity contribution in [1.82, 2.24) is 5.32 Å². The molecule has 6 heteroatoms. The molecule has 0 aliphatic heterocycles. The lowest BCUT2D eigenvalue weighted by molar-refractivity contribution is -0.144. The van der Waals surface area contributed by atoms with Gasteiger partial charge in [-0.3, -0.25) is 10.1 Å². The predicted molar refractivity (Wildman–Crippen MR) is 80.6 cm³/mol. The number of nitrogens with one attached hydrogen (secondary N) is 1. The van der Waals surface area contributed by atoms with Crippen molar-refractivity contribution in [2.75, 3.05) is 5.75 Å². The molecule has 0 radical (unpaired) electrons. The minimum absolute atomic E-state index is 0.0550. The molecule has 1 aromatic rings. The maximum Gasteiger partial charge on any atom is 0.323 e. The van der Waals surface area contributed by atoms with Crippen LogP contribution in [0.1, 0.15) is 33.6 Å². The maximum absolute atomic E-state index is 13.4. The monoisotopic (exact) mass is 317 g/mol. The Hall–Kier alpha value is -1.14. The van der Waals surface area contributed by atoms with Gasteiger partial charge in [0.2, 0.25) is 0 Å². The van der Waals surface area contributed by atoms with E-state index in [0.29, 0.717) is 18.6 Å². The molecule has 0 saturated heterocycles. The number of halogens is 2. The van der Waals surface area contributed by atoms with Gasteiger partial charge < -0.3 is 5.11 Å². The molecule has 0 bridgehead atoms. The number of thioether (sulfide) groups is 1. The quantitative estimate of drug-likeness (QED) is 0.567. The van der Waals surface area contributed by atoms with E-state index in [4.69, 9.17) is 0 Å². The van der Waals surface area contributed by atoms with Gasteiger partial charge in [-0.2, -0.15) is 0 Å². The van der Waals surface area contributed by atoms with Gasteiger partial charge in [0.05, 0.1) is 0 Å². The Morgan fingerprint density at radius 2 is 2.10 bits per heavy atom. The van der Waals surface area contributed by atoms with Crippen molar-refractivity contribution in [3.63, 3.8) is 0 Å². The lowest BCUT2D eigenvalue weighted by Gasteiger charge is -2.28. The van der Waals surface area contributed by atoms with E-state index >= 15 is 0 Å². The minimum atomic E-state index is -1.00. The molecular weight excluding hydrogens is 296 g/mol. The number of carboxylic acids is 1. The molecule has 0 saturated carbocycles. The number of aliphatic carboxylic acids is 1. The van der Waals surface area contributed by atoms with Crippen LogP contribution >= 0.6 is 11.8 Å². The summed E-state index contributed by atoms with van der Waals surface area (Å²) in [4.78, 5) is 11.6. The fourth-order valence-corrected chi connectivity index (χ4v) is 2.98. The molecule has 0 fully saturated rings. The zero-order chi connectivity index (χ0) is 16.0. The molecule has 0 aromatic heterocycles. The van der Waals surface area contributed by atoms with Crippen LogP contribution in [0.4, 0.5) is 8.78 Å². The third-order valence-corrected chi connectivity index (χ3v) is 4.17. The van der Waals surface area contributed by atoms with Crippen molar-refractivity contribution in [2.24, 2.45) is 0 Å². The Morgan fingerprint density at radius 1 is 1.43 bits per heavy atom. The van der Waals surface area contributed by atoms with Crippen LogP contribution in [0.15, 0.2) is 23.1 Å². The SMILES string of the molecule is CC(C)NC(C)(CCCSc1cc(F)ccc1F)C(=O)O. The second kappa shape index (κ2) is 7.75. The first-order chi connectivity index (χ1) is 9.74. The highest BCUT2D eigenvalue weighted by Crippen LogP contribution is 2.25. The molecule has 1 rings (SSSR count). The van der Waals surface area contributed by atoms with Gasteiger partial charge in [0.1, 0.15) is 17.2 Å². The number of rotatable bonds is 8. The van der Waals surface area contributed by atoms with Crippen molar-refractivity contribution in [2.45, 2.75) is 50.1 Å². The average molecular weight is 317 g/mol. The van der Waals surface area contributed by atoms with Gasteiger partial charge in [0.25, 0.3) is 0 Å². The van der Waals surface area contributed by atoms with E-state index < -0.39 is 23.1 Å². The highest BCUT2D eigenvalue weighted by atomic mass is 32.2. The van der Waals surface area contributed by atoms with Gasteiger partial charge >= 0.3 is 5.97 Å². The summed E-state index contributed by atoms with van der Waals surface area (Å²) in [7, 11) is 0. The summed E-state index contributed by atoms with van der Waals surface area (Å²) in [5, 5.41) is 12.3. The normalized spacial score (nSPS) is 14.2. The predicted octanol–water partition coefficient (Wildman–Crippen LogP) is 3.68. The second-order valence-corrected chi connectivity index (χ2v) is 6.60. The van der Waals surface area contributed by atoms with E-state index in [1.165, 1.54) is 11.8 Å². The summed E-state index contributed by atoms with van der Waals surface area (Å²) in [5.41, 5.74) is -1.00. The van der Waals surface area contributed by atoms with E-state index in [0.717, 1.165) is 18.2 Å². The lowest BCUT2D eigenvalue weighted by Crippen LogP contribution is -2.52. The highest BCUT2D eigenvalue weighted by Gasteiger charge is 2.32. The largest absolute Gasteiger partial charge is 0.480 e. The van der Waals surface area contributed by atoms with Crippen molar-refractivity contribution in [3.05, 3.63) is 29.8 Å². The summed E-state index contributed by atoms with van der Waals surface area (Å²) in [6.45, 7) is 5.42. The molecule has 0 aliphatic carbocycles. The third kappa shape index (κ3) is 5.63. The van der Waals surface area contributed by atoms with Gasteiger partial charge in [-0.1, -0.05) is 0 Å². The Kier molecular flexibility index (Phi) is 6.61. The molecule has 118 valence electrons. The third-order valence-electron chi connectivity index (χ3n) is 3.05. The smallest absolute Gasteiger partial charge is 0.323 e. The molecule has 3 nitrogen and oxygen atoms in total. The summed E-state index contributed by atoms with van der Waals surface area (Å²) < 4.78 is 26.5. The van der Waals surface area contributed by atoms with Crippen LogP contribution in [0, 0.1) is 11.6 Å². The van der Waals surface area contributed by atoms with E-state index in [1.54, 1.807) is 6.92 Å². The zero-order valence-electron chi connectivity index (χ0n) is 12.5. The van der Waals surface area contributed by atoms with Crippen LogP contribution < -0.4 is 5.32 Å². The van der Waals surface area contributed by atoms with Crippen molar-refractivity contribution in [1.29, 1.82) is 0 Å². The first kappa shape index (κ1) is 17.9. The van der Waals surface area contributed by atoms with Gasteiger partial charge in [-0.15, -0.1) is 11.8 Å². The molecule has 21 heavy (non-hydrogen) atoms. The molecular formula is C15H21F2NO2S. The number of hydrogen-bond donors (Lipinski definition) is 2. The Bertz CT molecular complexity index is 497. The summed E-state index contributed by atoms with van der Waals surface area (Å²) in [5.74, 6) is -1.31. The van der Waals surface area contributed by atoms with Crippen molar-refractivity contribution >= 4 is 17.7 Å². The molecule has 1 unspecified atom stereocenters. The molecule has 2 N–H and O–H groups in total. The Balaban J connectivity index is 2.51. The first-order valence-corrected chi connectivity index (χ1v) is 7.82. The lowest BCUT2D eigenvalue weighted by atomic mass is 9.95. The first-order valence-electron chi connectivity index (χ1n) is 6.83. The minimum Gasteiger partial charge on any atom is -0.480 e. The maximum atomic E-state index is 13.4. The van der Waals surface area contributed by atoms with Crippen molar-refractivity contribution in [3.8, 4) is 0 Å². The molecule has 0 amide bonds. The van der Waals surface area contributed by atoms with Gasteiger partial charge in [0.15, 0.2) is 0 Å². The summed E-state index contributed by atoms with van der Waals surface area (Å²) >= 11 is 1.20. The second-order valence-electron chi connectivity index (χ2n) is 5.46. The van der Waals surface area contributed by atoms with Crippen LogP contribution in [0.25, 0.3) is 0 Å². The molecule has 0 aliphatic rings. The number of hydrogen-bond acceptors (Lipinski definition) is 3. The fourth-order valence-electron chi connectivity index (χ4n) is 2.07. The van der Waals surface area contributed by atoms with E-state index in [1.807, 2.05) is 13.8 Å². The van der Waals surface area contributed by atoms with Crippen LogP contribution in [0.2, 0.25) is 0 Å². The standard InChI is InChI=1S/C15H21F2NO2S/c1-10(2)18-15(3,14(19)20)7-4-8-21-13-9-11(16)5-6-12(13)17/h5-6,9-10,18H,4,7-8H2,1-3H3,(H,19,20). The summed E-state index contributed by atoms with van der Waals surface area (Å²) in [6.07, 6.45) is 1.01. The van der Waals surface area contributed by atoms with Crippen LogP contribution in [-0.4, -0.2) is 28.4 Å².